The smallest absolute Gasteiger partial charge is 0.305 e. The number of nitrogens with zero attached hydrogens (tertiary/aromatic N) is 1. The maximum Gasteiger partial charge on any atom is 0.305 e. The van der Waals surface area contributed by atoms with Crippen molar-refractivity contribution >= 4 is 11.9 Å². The fourth-order valence-corrected chi connectivity index (χ4v) is 2.70. The van der Waals surface area contributed by atoms with Crippen LogP contribution in [0.2, 0.25) is 0 Å². The molecule has 0 aromatic rings. The summed E-state index contributed by atoms with van der Waals surface area (Å²) in [6.45, 7) is 4.17. The molecule has 1 aliphatic heterocycles. The highest BCUT2D eigenvalue weighted by molar-refractivity contribution is 5.75. The lowest BCUT2D eigenvalue weighted by atomic mass is 10.1. The minimum atomic E-state index is -0.793. The highest BCUT2D eigenvalue weighted by Gasteiger charge is 2.36. The molecule has 0 amide bonds. The number of aliphatic hydroxyl groups excluding tert-OH is 1. The van der Waals surface area contributed by atoms with Gasteiger partial charge in [-0.2, -0.15) is 0 Å². The zero-order valence-corrected chi connectivity index (χ0v) is 14.8. The second-order valence-electron chi connectivity index (χ2n) is 6.54. The van der Waals surface area contributed by atoms with Gasteiger partial charge in [0.25, 0.3) is 0 Å². The predicted octanol–water partition coefficient (Wildman–Crippen LogP) is 3.63. The Morgan fingerprint density at radius 2 is 1.78 bits per heavy atom. The second-order valence-corrected chi connectivity index (χ2v) is 6.54. The molecule has 0 radical (unpaired) electrons. The molecule has 1 heterocycles. The van der Waals surface area contributed by atoms with Crippen LogP contribution in [0, 0.1) is 0 Å². The van der Waals surface area contributed by atoms with Crippen molar-refractivity contribution in [3.8, 4) is 0 Å². The van der Waals surface area contributed by atoms with Crippen LogP contribution in [-0.2, 0) is 14.3 Å². The average Bonchev–Trinajstić information content (AvgIpc) is 2.93. The summed E-state index contributed by atoms with van der Waals surface area (Å²) in [5, 5.41) is 9.42. The number of carbonyl (C=O) groups excluding carboxylic acids is 1. The molecule has 1 N–H and O–H groups in total. The number of hydrogen-bond donors (Lipinski definition) is 1. The first-order valence-electron chi connectivity index (χ1n) is 9.07. The summed E-state index contributed by atoms with van der Waals surface area (Å²) < 4.78 is 10.5. The average molecular weight is 327 g/mol. The zero-order chi connectivity index (χ0) is 17.0. The van der Waals surface area contributed by atoms with E-state index in [1.165, 1.54) is 44.9 Å². The van der Waals surface area contributed by atoms with E-state index < -0.39 is 5.54 Å². The van der Waals surface area contributed by atoms with Crippen LogP contribution in [0.1, 0.15) is 78.1 Å². The Morgan fingerprint density at radius 3 is 2.30 bits per heavy atom. The molecule has 1 rings (SSSR count). The Morgan fingerprint density at radius 1 is 1.17 bits per heavy atom. The normalized spacial score (nSPS) is 20.2. The molecule has 134 valence electrons. The van der Waals surface area contributed by atoms with Crippen molar-refractivity contribution in [2.45, 2.75) is 83.6 Å². The SMILES string of the molecule is CCCCCCCCCCCC(=O)OCC1(CO)COC(C)=N1. The van der Waals surface area contributed by atoms with Gasteiger partial charge < -0.3 is 14.6 Å². The van der Waals surface area contributed by atoms with Gasteiger partial charge in [-0.05, 0) is 6.42 Å². The topological polar surface area (TPSA) is 68.1 Å². The zero-order valence-electron chi connectivity index (χ0n) is 14.8. The third-order valence-corrected chi connectivity index (χ3v) is 4.22. The van der Waals surface area contributed by atoms with E-state index >= 15 is 0 Å². The number of aliphatic hydroxyl groups is 1. The van der Waals surface area contributed by atoms with Crippen molar-refractivity contribution in [3.05, 3.63) is 0 Å². The van der Waals surface area contributed by atoms with Crippen molar-refractivity contribution in [3.63, 3.8) is 0 Å². The van der Waals surface area contributed by atoms with E-state index in [1.54, 1.807) is 6.92 Å². The maximum absolute atomic E-state index is 11.8. The highest BCUT2D eigenvalue weighted by atomic mass is 16.5. The van der Waals surface area contributed by atoms with E-state index in [4.69, 9.17) is 9.47 Å². The molecule has 0 aliphatic carbocycles. The number of rotatable bonds is 13. The van der Waals surface area contributed by atoms with Crippen molar-refractivity contribution < 1.29 is 19.4 Å². The van der Waals surface area contributed by atoms with Crippen LogP contribution in [0.15, 0.2) is 4.99 Å². The van der Waals surface area contributed by atoms with Crippen LogP contribution in [-0.4, -0.2) is 42.3 Å². The number of ether oxygens (including phenoxy) is 2. The van der Waals surface area contributed by atoms with E-state index in [2.05, 4.69) is 11.9 Å². The van der Waals surface area contributed by atoms with Gasteiger partial charge in [-0.1, -0.05) is 58.3 Å². The van der Waals surface area contributed by atoms with Gasteiger partial charge in [-0.25, -0.2) is 4.99 Å². The molecule has 0 saturated carbocycles. The largest absolute Gasteiger partial charge is 0.478 e. The lowest BCUT2D eigenvalue weighted by molar-refractivity contribution is -0.146. The van der Waals surface area contributed by atoms with Gasteiger partial charge in [0.1, 0.15) is 13.2 Å². The number of unbranched alkanes of at least 4 members (excludes halogenated alkanes) is 8. The summed E-state index contributed by atoms with van der Waals surface area (Å²) in [5.41, 5.74) is -0.793. The minimum absolute atomic E-state index is 0.0943. The minimum Gasteiger partial charge on any atom is -0.478 e. The van der Waals surface area contributed by atoms with E-state index in [-0.39, 0.29) is 25.8 Å². The van der Waals surface area contributed by atoms with E-state index in [9.17, 15) is 9.90 Å². The summed E-state index contributed by atoms with van der Waals surface area (Å²) >= 11 is 0. The van der Waals surface area contributed by atoms with Crippen LogP contribution in [0.4, 0.5) is 0 Å². The summed E-state index contributed by atoms with van der Waals surface area (Å²) in [6.07, 6.45) is 11.5. The molecular weight excluding hydrogens is 294 g/mol. The van der Waals surface area contributed by atoms with Crippen LogP contribution >= 0.6 is 0 Å². The predicted molar refractivity (Wildman–Crippen MR) is 91.7 cm³/mol. The molecule has 23 heavy (non-hydrogen) atoms. The van der Waals surface area contributed by atoms with Crippen LogP contribution in [0.3, 0.4) is 0 Å². The van der Waals surface area contributed by atoms with Gasteiger partial charge in [0, 0.05) is 13.3 Å². The first-order valence-corrected chi connectivity index (χ1v) is 9.07. The summed E-state index contributed by atoms with van der Waals surface area (Å²) in [4.78, 5) is 16.0. The molecule has 5 nitrogen and oxygen atoms in total. The van der Waals surface area contributed by atoms with Crippen molar-refractivity contribution in [1.82, 2.24) is 0 Å². The van der Waals surface area contributed by atoms with Gasteiger partial charge in [-0.15, -0.1) is 0 Å². The van der Waals surface area contributed by atoms with E-state index in [0.29, 0.717) is 12.3 Å². The first kappa shape index (κ1) is 19.9. The molecule has 0 spiro atoms. The summed E-state index contributed by atoms with van der Waals surface area (Å²) in [5.74, 6) is 0.328. The molecule has 1 unspecified atom stereocenters. The lowest BCUT2D eigenvalue weighted by Gasteiger charge is -2.20. The Hall–Kier alpha value is -1.10. The van der Waals surface area contributed by atoms with Gasteiger partial charge in [0.2, 0.25) is 0 Å². The van der Waals surface area contributed by atoms with E-state index in [0.717, 1.165) is 12.8 Å². The number of esters is 1. The third kappa shape index (κ3) is 8.35. The third-order valence-electron chi connectivity index (χ3n) is 4.22. The van der Waals surface area contributed by atoms with Crippen molar-refractivity contribution in [2.75, 3.05) is 19.8 Å². The monoisotopic (exact) mass is 327 g/mol. The fourth-order valence-electron chi connectivity index (χ4n) is 2.70. The number of hydrogen-bond acceptors (Lipinski definition) is 5. The van der Waals surface area contributed by atoms with Crippen LogP contribution in [0.5, 0.6) is 0 Å². The molecule has 0 aromatic heterocycles. The van der Waals surface area contributed by atoms with Gasteiger partial charge in [0.15, 0.2) is 11.4 Å². The first-order chi connectivity index (χ1) is 11.1. The second kappa shape index (κ2) is 11.4. The molecule has 5 heteroatoms. The van der Waals surface area contributed by atoms with Crippen LogP contribution in [0.25, 0.3) is 0 Å². The standard InChI is InChI=1S/C18H33NO4/c1-3-4-5-6-7-8-9-10-11-12-17(21)23-15-18(13-20)14-22-16(2)19-18/h20H,3-15H2,1-2H3. The quantitative estimate of drug-likeness (QED) is 0.414. The summed E-state index contributed by atoms with van der Waals surface area (Å²) in [6, 6.07) is 0. The Labute approximate surface area is 140 Å². The molecule has 1 aliphatic rings. The lowest BCUT2D eigenvalue weighted by Crippen LogP contribution is -2.39. The van der Waals surface area contributed by atoms with Crippen molar-refractivity contribution in [1.29, 1.82) is 0 Å². The molecule has 0 bridgehead atoms. The van der Waals surface area contributed by atoms with Crippen LogP contribution < -0.4 is 0 Å². The Kier molecular flexibility index (Phi) is 9.92. The Bertz CT molecular complexity index is 370. The molecule has 1 atom stereocenters. The highest BCUT2D eigenvalue weighted by Crippen LogP contribution is 2.19. The van der Waals surface area contributed by atoms with Gasteiger partial charge in [-0.3, -0.25) is 4.79 Å². The summed E-state index contributed by atoms with van der Waals surface area (Å²) in [7, 11) is 0. The Balaban J connectivity index is 2.00. The molecule has 0 saturated heterocycles. The van der Waals surface area contributed by atoms with E-state index in [1.807, 2.05) is 0 Å². The maximum atomic E-state index is 11.8. The number of carbonyl (C=O) groups is 1. The fraction of sp³-hybridized carbons (Fsp3) is 0.889. The molecule has 0 aromatic carbocycles. The molecular formula is C18H33NO4. The number of aliphatic imine (C=N–C) groups is 1. The van der Waals surface area contributed by atoms with Gasteiger partial charge in [0.05, 0.1) is 6.61 Å². The van der Waals surface area contributed by atoms with Crippen molar-refractivity contribution in [2.24, 2.45) is 4.99 Å². The van der Waals surface area contributed by atoms with Gasteiger partial charge >= 0.3 is 5.97 Å². The molecule has 0 fully saturated rings.